The highest BCUT2D eigenvalue weighted by atomic mass is 16.5. The molecule has 2 N–H and O–H groups in total. The quantitative estimate of drug-likeness (QED) is 0.877. The van der Waals surface area contributed by atoms with Gasteiger partial charge in [0.05, 0.1) is 13.2 Å². The Bertz CT molecular complexity index is 444. The average Bonchev–Trinajstić information content (AvgIpc) is 2.45. The Morgan fingerprint density at radius 1 is 1.26 bits per heavy atom. The number of ether oxygens (including phenoxy) is 1. The molecule has 1 aliphatic heterocycles. The summed E-state index contributed by atoms with van der Waals surface area (Å²) >= 11 is 0. The van der Waals surface area contributed by atoms with Gasteiger partial charge in [-0.15, -0.1) is 0 Å². The van der Waals surface area contributed by atoms with Crippen LogP contribution in [0.2, 0.25) is 0 Å². The van der Waals surface area contributed by atoms with E-state index in [4.69, 9.17) is 4.74 Å². The summed E-state index contributed by atoms with van der Waals surface area (Å²) in [6.45, 7) is 4.08. The Hall–Kier alpha value is -1.81. The third-order valence-electron chi connectivity index (χ3n) is 3.12. The second-order valence-corrected chi connectivity index (χ2v) is 4.73. The van der Waals surface area contributed by atoms with E-state index in [0.29, 0.717) is 6.54 Å². The van der Waals surface area contributed by atoms with E-state index in [-0.39, 0.29) is 6.03 Å². The maximum Gasteiger partial charge on any atom is 0.319 e. The molecule has 2 amide bonds. The molecule has 1 saturated heterocycles. The van der Waals surface area contributed by atoms with Crippen molar-refractivity contribution in [2.45, 2.75) is 26.3 Å². The predicted molar refractivity (Wildman–Crippen MR) is 74.7 cm³/mol. The lowest BCUT2D eigenvalue weighted by Crippen LogP contribution is -2.32. The molecule has 1 heterocycles. The van der Waals surface area contributed by atoms with E-state index in [0.717, 1.165) is 31.6 Å². The minimum Gasteiger partial charge on any atom is -0.381 e. The number of benzene rings is 1. The first-order valence-electron chi connectivity index (χ1n) is 6.59. The minimum absolute atomic E-state index is 0.167. The van der Waals surface area contributed by atoms with Gasteiger partial charge in [-0.2, -0.15) is 0 Å². The van der Waals surface area contributed by atoms with Crippen molar-refractivity contribution in [3.63, 3.8) is 0 Å². The zero-order chi connectivity index (χ0) is 13.5. The number of nitrogens with one attached hydrogen (secondary N) is 2. The normalized spacial score (nSPS) is 14.9. The van der Waals surface area contributed by atoms with E-state index in [9.17, 15) is 4.79 Å². The van der Waals surface area contributed by atoms with E-state index in [1.165, 1.54) is 11.1 Å². The van der Waals surface area contributed by atoms with Crippen LogP contribution in [0.5, 0.6) is 0 Å². The van der Waals surface area contributed by atoms with Crippen LogP contribution in [-0.2, 0) is 11.3 Å². The molecule has 0 aromatic heterocycles. The maximum atomic E-state index is 11.6. The zero-order valence-electron chi connectivity index (χ0n) is 11.2. The summed E-state index contributed by atoms with van der Waals surface area (Å²) in [5.74, 6) is 0. The van der Waals surface area contributed by atoms with Crippen molar-refractivity contribution in [2.24, 2.45) is 0 Å². The second kappa shape index (κ2) is 6.95. The van der Waals surface area contributed by atoms with Gasteiger partial charge in [0.15, 0.2) is 0 Å². The number of hydrogen-bond acceptors (Lipinski definition) is 2. The van der Waals surface area contributed by atoms with Crippen LogP contribution in [0.15, 0.2) is 36.0 Å². The Morgan fingerprint density at radius 3 is 2.63 bits per heavy atom. The Kier molecular flexibility index (Phi) is 4.98. The van der Waals surface area contributed by atoms with E-state index in [1.807, 2.05) is 31.2 Å². The van der Waals surface area contributed by atoms with Gasteiger partial charge in [-0.3, -0.25) is 0 Å². The molecule has 0 bridgehead atoms. The summed E-state index contributed by atoms with van der Waals surface area (Å²) in [4.78, 5) is 11.6. The van der Waals surface area contributed by atoms with E-state index < -0.39 is 0 Å². The highest BCUT2D eigenvalue weighted by Crippen LogP contribution is 2.11. The first kappa shape index (κ1) is 13.6. The van der Waals surface area contributed by atoms with Crippen LogP contribution in [0.1, 0.15) is 24.0 Å². The van der Waals surface area contributed by atoms with Gasteiger partial charge in [0, 0.05) is 12.7 Å². The maximum absolute atomic E-state index is 11.6. The summed E-state index contributed by atoms with van der Waals surface area (Å²) in [6, 6.07) is 7.95. The monoisotopic (exact) mass is 260 g/mol. The van der Waals surface area contributed by atoms with E-state index in [2.05, 4.69) is 10.6 Å². The van der Waals surface area contributed by atoms with Crippen LogP contribution in [0, 0.1) is 6.92 Å². The van der Waals surface area contributed by atoms with Crippen molar-refractivity contribution >= 4 is 6.03 Å². The topological polar surface area (TPSA) is 50.4 Å². The molecule has 1 aromatic rings. The summed E-state index contributed by atoms with van der Waals surface area (Å²) in [6.07, 6.45) is 3.60. The molecular formula is C15H20N2O2. The fourth-order valence-electron chi connectivity index (χ4n) is 1.88. The number of hydrogen-bond donors (Lipinski definition) is 2. The van der Waals surface area contributed by atoms with Gasteiger partial charge in [0.2, 0.25) is 0 Å². The molecule has 2 rings (SSSR count). The fourth-order valence-corrected chi connectivity index (χ4v) is 1.88. The largest absolute Gasteiger partial charge is 0.381 e. The molecule has 0 unspecified atom stereocenters. The number of amides is 2. The molecule has 1 aliphatic rings. The summed E-state index contributed by atoms with van der Waals surface area (Å²) in [5, 5.41) is 5.60. The lowest BCUT2D eigenvalue weighted by Gasteiger charge is -2.14. The second-order valence-electron chi connectivity index (χ2n) is 4.73. The molecule has 0 atom stereocenters. The van der Waals surface area contributed by atoms with E-state index in [1.54, 1.807) is 6.20 Å². The smallest absolute Gasteiger partial charge is 0.319 e. The van der Waals surface area contributed by atoms with Crippen LogP contribution in [0.3, 0.4) is 0 Å². The van der Waals surface area contributed by atoms with Crippen LogP contribution < -0.4 is 10.6 Å². The Balaban J connectivity index is 1.73. The summed E-state index contributed by atoms with van der Waals surface area (Å²) < 4.78 is 5.25. The van der Waals surface area contributed by atoms with Gasteiger partial charge in [0.25, 0.3) is 0 Å². The van der Waals surface area contributed by atoms with Crippen LogP contribution in [-0.4, -0.2) is 19.2 Å². The molecule has 0 aliphatic carbocycles. The van der Waals surface area contributed by atoms with Gasteiger partial charge >= 0.3 is 6.03 Å². The molecule has 0 saturated carbocycles. The third-order valence-corrected chi connectivity index (χ3v) is 3.12. The average molecular weight is 260 g/mol. The van der Waals surface area contributed by atoms with Crippen LogP contribution >= 0.6 is 0 Å². The third kappa shape index (κ3) is 4.75. The molecule has 0 radical (unpaired) electrons. The number of carbonyl (C=O) groups is 1. The zero-order valence-corrected chi connectivity index (χ0v) is 11.2. The Morgan fingerprint density at radius 2 is 1.95 bits per heavy atom. The van der Waals surface area contributed by atoms with Crippen molar-refractivity contribution in [3.05, 3.63) is 47.2 Å². The van der Waals surface area contributed by atoms with Gasteiger partial charge in [0.1, 0.15) is 0 Å². The number of aryl methyl sites for hydroxylation is 1. The lowest BCUT2D eigenvalue weighted by molar-refractivity contribution is 0.119. The van der Waals surface area contributed by atoms with Gasteiger partial charge in [-0.05, 0) is 30.9 Å². The molecule has 1 fully saturated rings. The van der Waals surface area contributed by atoms with Crippen molar-refractivity contribution in [3.8, 4) is 0 Å². The minimum atomic E-state index is -0.167. The molecule has 102 valence electrons. The van der Waals surface area contributed by atoms with Crippen molar-refractivity contribution < 1.29 is 9.53 Å². The standard InChI is InChI=1S/C15H20N2O2/c1-12-2-4-13(5-3-12)10-16-15(18)17-11-14-6-8-19-9-7-14/h2-5,11H,6-10H2,1H3,(H2,16,17,18). The number of urea groups is 1. The predicted octanol–water partition coefficient (Wildman–Crippen LogP) is 2.49. The van der Waals surface area contributed by atoms with Gasteiger partial charge < -0.3 is 15.4 Å². The SMILES string of the molecule is Cc1ccc(CNC(=O)NC=C2CCOCC2)cc1. The Labute approximate surface area is 113 Å². The highest BCUT2D eigenvalue weighted by Gasteiger charge is 2.05. The molecule has 4 nitrogen and oxygen atoms in total. The lowest BCUT2D eigenvalue weighted by atomic mass is 10.1. The van der Waals surface area contributed by atoms with Crippen molar-refractivity contribution in [1.29, 1.82) is 0 Å². The molecule has 1 aromatic carbocycles. The van der Waals surface area contributed by atoms with Crippen molar-refractivity contribution in [2.75, 3.05) is 13.2 Å². The van der Waals surface area contributed by atoms with Gasteiger partial charge in [-0.1, -0.05) is 29.8 Å². The van der Waals surface area contributed by atoms with Crippen LogP contribution in [0.25, 0.3) is 0 Å². The van der Waals surface area contributed by atoms with E-state index >= 15 is 0 Å². The molecular weight excluding hydrogens is 240 g/mol. The van der Waals surface area contributed by atoms with Crippen molar-refractivity contribution in [1.82, 2.24) is 10.6 Å². The summed E-state index contributed by atoms with van der Waals surface area (Å²) in [5.41, 5.74) is 3.55. The number of carbonyl (C=O) groups excluding carboxylic acids is 1. The highest BCUT2D eigenvalue weighted by molar-refractivity contribution is 5.74. The first-order valence-corrected chi connectivity index (χ1v) is 6.59. The van der Waals surface area contributed by atoms with Gasteiger partial charge in [-0.25, -0.2) is 4.79 Å². The first-order chi connectivity index (χ1) is 9.24. The molecule has 19 heavy (non-hydrogen) atoms. The molecule has 4 heteroatoms. The summed E-state index contributed by atoms with van der Waals surface area (Å²) in [7, 11) is 0. The number of rotatable bonds is 3. The molecule has 0 spiro atoms. The van der Waals surface area contributed by atoms with Crippen LogP contribution in [0.4, 0.5) is 4.79 Å². The fraction of sp³-hybridized carbons (Fsp3) is 0.400.